The van der Waals surface area contributed by atoms with Crippen molar-refractivity contribution in [1.82, 2.24) is 19.7 Å². The number of hydrogen-bond acceptors (Lipinski definition) is 5. The molecule has 0 spiro atoms. The molecule has 0 saturated heterocycles. The SMILES string of the molecule is CCC(C)Sc1sc(-n2cc(Cc3ccc(C)nc3C)c(C)n2)nc1-c1ccc(Cl)c(Cl)c1. The molecule has 0 fully saturated rings. The van der Waals surface area contributed by atoms with Crippen molar-refractivity contribution in [1.29, 1.82) is 0 Å². The second-order valence-corrected chi connectivity index (χ2v) is 11.7. The van der Waals surface area contributed by atoms with Gasteiger partial charge in [-0.2, -0.15) is 5.10 Å². The Balaban J connectivity index is 1.71. The number of halogens is 2. The van der Waals surface area contributed by atoms with E-state index in [9.17, 15) is 0 Å². The van der Waals surface area contributed by atoms with Crippen molar-refractivity contribution < 1.29 is 0 Å². The molecule has 3 heterocycles. The highest BCUT2D eigenvalue weighted by Gasteiger charge is 2.19. The molecule has 0 saturated carbocycles. The molecule has 172 valence electrons. The fraction of sp³-hybridized carbons (Fsp3) is 0.320. The lowest BCUT2D eigenvalue weighted by Gasteiger charge is -2.08. The zero-order chi connectivity index (χ0) is 23.7. The normalized spacial score (nSPS) is 12.3. The van der Waals surface area contributed by atoms with Crippen molar-refractivity contribution >= 4 is 46.3 Å². The summed E-state index contributed by atoms with van der Waals surface area (Å²) in [6.07, 6.45) is 3.96. The van der Waals surface area contributed by atoms with E-state index in [4.69, 9.17) is 33.3 Å². The second kappa shape index (κ2) is 10.2. The molecule has 0 aliphatic carbocycles. The Morgan fingerprint density at radius 1 is 1.00 bits per heavy atom. The average Bonchev–Trinajstić information content (AvgIpc) is 3.35. The number of pyridine rings is 1. The molecule has 4 nitrogen and oxygen atoms in total. The predicted octanol–water partition coefficient (Wildman–Crippen LogP) is 8.10. The van der Waals surface area contributed by atoms with Gasteiger partial charge in [-0.3, -0.25) is 4.98 Å². The third-order valence-electron chi connectivity index (χ3n) is 5.57. The van der Waals surface area contributed by atoms with Crippen molar-refractivity contribution in [3.8, 4) is 16.4 Å². The van der Waals surface area contributed by atoms with Crippen molar-refractivity contribution in [3.63, 3.8) is 0 Å². The number of hydrogen-bond donors (Lipinski definition) is 0. The first-order valence-corrected chi connectivity index (χ1v) is 13.3. The molecule has 0 radical (unpaired) electrons. The molecule has 4 aromatic rings. The van der Waals surface area contributed by atoms with Crippen LogP contribution in [0.1, 0.15) is 48.5 Å². The number of thioether (sulfide) groups is 1. The van der Waals surface area contributed by atoms with Crippen LogP contribution in [0.15, 0.2) is 40.7 Å². The lowest BCUT2D eigenvalue weighted by Crippen LogP contribution is -1.96. The molecule has 0 bridgehead atoms. The first-order chi connectivity index (χ1) is 15.7. The molecule has 0 aliphatic rings. The summed E-state index contributed by atoms with van der Waals surface area (Å²) in [5, 5.41) is 7.18. The minimum absolute atomic E-state index is 0.478. The minimum atomic E-state index is 0.478. The molecule has 3 aromatic heterocycles. The van der Waals surface area contributed by atoms with Crippen molar-refractivity contribution in [3.05, 3.63) is 74.8 Å². The molecule has 33 heavy (non-hydrogen) atoms. The minimum Gasteiger partial charge on any atom is -0.258 e. The van der Waals surface area contributed by atoms with Gasteiger partial charge in [-0.05, 0) is 56.5 Å². The van der Waals surface area contributed by atoms with Crippen molar-refractivity contribution in [2.45, 2.75) is 56.9 Å². The van der Waals surface area contributed by atoms with E-state index in [2.05, 4.69) is 44.1 Å². The highest BCUT2D eigenvalue weighted by molar-refractivity contribution is 8.01. The molecule has 1 atom stereocenters. The lowest BCUT2D eigenvalue weighted by molar-refractivity contribution is 0.853. The Morgan fingerprint density at radius 3 is 2.48 bits per heavy atom. The maximum Gasteiger partial charge on any atom is 0.211 e. The summed E-state index contributed by atoms with van der Waals surface area (Å²) in [6, 6.07) is 9.90. The molecule has 0 N–H and O–H groups in total. The van der Waals surface area contributed by atoms with Crippen molar-refractivity contribution in [2.75, 3.05) is 0 Å². The molecule has 4 rings (SSSR count). The topological polar surface area (TPSA) is 43.6 Å². The molecule has 0 amide bonds. The summed E-state index contributed by atoms with van der Waals surface area (Å²) in [5.74, 6) is 0. The summed E-state index contributed by atoms with van der Waals surface area (Å²) in [4.78, 5) is 9.58. The first kappa shape index (κ1) is 24.3. The van der Waals surface area contributed by atoms with Gasteiger partial charge in [-0.25, -0.2) is 9.67 Å². The van der Waals surface area contributed by atoms with Crippen LogP contribution in [-0.2, 0) is 6.42 Å². The van der Waals surface area contributed by atoms with Crippen LogP contribution in [0.25, 0.3) is 16.4 Å². The van der Waals surface area contributed by atoms with Crippen LogP contribution in [0.4, 0.5) is 0 Å². The Kier molecular flexibility index (Phi) is 7.49. The van der Waals surface area contributed by atoms with Gasteiger partial charge in [0.05, 0.1) is 25.6 Å². The summed E-state index contributed by atoms with van der Waals surface area (Å²) in [6.45, 7) is 10.6. The van der Waals surface area contributed by atoms with E-state index in [-0.39, 0.29) is 0 Å². The zero-order valence-electron chi connectivity index (χ0n) is 19.3. The Bertz CT molecular complexity index is 1300. The van der Waals surface area contributed by atoms with E-state index in [1.165, 1.54) is 11.1 Å². The van der Waals surface area contributed by atoms with Gasteiger partial charge in [0.15, 0.2) is 0 Å². The first-order valence-electron chi connectivity index (χ1n) is 10.9. The van der Waals surface area contributed by atoms with Crippen LogP contribution >= 0.6 is 46.3 Å². The molecule has 8 heteroatoms. The van der Waals surface area contributed by atoms with Crippen molar-refractivity contribution in [2.24, 2.45) is 0 Å². The number of aryl methyl sites for hydroxylation is 3. The highest BCUT2D eigenvalue weighted by Crippen LogP contribution is 2.41. The van der Waals surface area contributed by atoms with Gasteiger partial charge in [0, 0.05) is 34.8 Å². The number of aromatic nitrogens is 4. The van der Waals surface area contributed by atoms with E-state index in [1.807, 2.05) is 48.5 Å². The Hall–Kier alpha value is -1.86. The molecular formula is C25H26Cl2N4S2. The molecular weight excluding hydrogens is 491 g/mol. The third-order valence-corrected chi connectivity index (χ3v) is 8.83. The van der Waals surface area contributed by atoms with E-state index in [1.54, 1.807) is 11.3 Å². The standard InChI is InChI=1S/C25H26Cl2N4S2/c1-6-15(3)32-24-23(19-9-10-21(26)22(27)12-19)29-25(33-24)31-13-20(17(5)30-31)11-18-8-7-14(2)28-16(18)4/h7-10,12-13,15H,6,11H2,1-5H3. The van der Waals surface area contributed by atoms with Crippen LogP contribution < -0.4 is 0 Å². The summed E-state index contributed by atoms with van der Waals surface area (Å²) in [5.41, 5.74) is 7.36. The highest BCUT2D eigenvalue weighted by atomic mass is 35.5. The fourth-order valence-corrected chi connectivity index (χ4v) is 6.20. The maximum atomic E-state index is 6.31. The Morgan fingerprint density at radius 2 is 1.79 bits per heavy atom. The number of benzene rings is 1. The monoisotopic (exact) mass is 516 g/mol. The number of nitrogens with zero attached hydrogens (tertiary/aromatic N) is 4. The lowest BCUT2D eigenvalue weighted by atomic mass is 10.0. The van der Waals surface area contributed by atoms with E-state index in [0.717, 1.165) is 50.5 Å². The third kappa shape index (κ3) is 5.46. The van der Waals surface area contributed by atoms with Gasteiger partial charge in [0.1, 0.15) is 0 Å². The second-order valence-electron chi connectivity index (χ2n) is 8.16. The molecule has 1 aromatic carbocycles. The van der Waals surface area contributed by atoms with Crippen LogP contribution in [0, 0.1) is 20.8 Å². The van der Waals surface area contributed by atoms with E-state index >= 15 is 0 Å². The number of thiazole rings is 1. The maximum absolute atomic E-state index is 6.31. The number of rotatable bonds is 7. The van der Waals surface area contributed by atoms with Crippen LogP contribution in [0.3, 0.4) is 0 Å². The Labute approximate surface area is 213 Å². The van der Waals surface area contributed by atoms with Crippen LogP contribution in [-0.4, -0.2) is 25.0 Å². The van der Waals surface area contributed by atoms with Gasteiger partial charge in [-0.15, -0.1) is 11.8 Å². The van der Waals surface area contributed by atoms with Gasteiger partial charge in [0.2, 0.25) is 5.13 Å². The summed E-state index contributed by atoms with van der Waals surface area (Å²) < 4.78 is 3.06. The van der Waals surface area contributed by atoms with E-state index in [0.29, 0.717) is 15.3 Å². The molecule has 1 unspecified atom stereocenters. The van der Waals surface area contributed by atoms with Crippen LogP contribution in [0.5, 0.6) is 0 Å². The van der Waals surface area contributed by atoms with Gasteiger partial charge < -0.3 is 0 Å². The summed E-state index contributed by atoms with van der Waals surface area (Å²) >= 11 is 16.0. The fourth-order valence-electron chi connectivity index (χ4n) is 3.44. The predicted molar refractivity (Wildman–Crippen MR) is 142 cm³/mol. The van der Waals surface area contributed by atoms with E-state index < -0.39 is 0 Å². The summed E-state index contributed by atoms with van der Waals surface area (Å²) in [7, 11) is 0. The van der Waals surface area contributed by atoms with Crippen LogP contribution in [0.2, 0.25) is 10.0 Å². The van der Waals surface area contributed by atoms with Gasteiger partial charge in [-0.1, -0.05) is 60.5 Å². The zero-order valence-corrected chi connectivity index (χ0v) is 22.5. The quantitative estimate of drug-likeness (QED) is 0.232. The van der Waals surface area contributed by atoms with Gasteiger partial charge >= 0.3 is 0 Å². The molecule has 0 aliphatic heterocycles. The van der Waals surface area contributed by atoms with Gasteiger partial charge in [0.25, 0.3) is 0 Å². The average molecular weight is 518 g/mol. The smallest absolute Gasteiger partial charge is 0.211 e. The largest absolute Gasteiger partial charge is 0.258 e.